The minimum atomic E-state index is -0.236. The normalized spacial score (nSPS) is 16.1. The SMILES string of the molecule is CCc1nccn1CC(=O)NCC(c1ccc(F)cc1)N1CCCC1. The number of imidazole rings is 1. The lowest BCUT2D eigenvalue weighted by molar-refractivity contribution is -0.121. The number of amides is 1. The smallest absolute Gasteiger partial charge is 0.240 e. The van der Waals surface area contributed by atoms with Gasteiger partial charge in [0.1, 0.15) is 18.2 Å². The maximum atomic E-state index is 13.2. The Balaban J connectivity index is 1.64. The van der Waals surface area contributed by atoms with Crippen molar-refractivity contribution in [2.45, 2.75) is 38.8 Å². The van der Waals surface area contributed by atoms with Crippen LogP contribution in [0.4, 0.5) is 4.39 Å². The highest BCUT2D eigenvalue weighted by Gasteiger charge is 2.24. The number of rotatable bonds is 7. The number of halogens is 1. The van der Waals surface area contributed by atoms with Gasteiger partial charge in [0.05, 0.1) is 6.04 Å². The zero-order chi connectivity index (χ0) is 17.6. The van der Waals surface area contributed by atoms with Crippen molar-refractivity contribution in [3.8, 4) is 0 Å². The maximum absolute atomic E-state index is 13.2. The minimum Gasteiger partial charge on any atom is -0.353 e. The number of aryl methyl sites for hydroxylation is 1. The van der Waals surface area contributed by atoms with Crippen LogP contribution < -0.4 is 5.32 Å². The van der Waals surface area contributed by atoms with E-state index in [0.717, 1.165) is 30.9 Å². The second kappa shape index (κ2) is 8.25. The summed E-state index contributed by atoms with van der Waals surface area (Å²) in [6.07, 6.45) is 6.68. The first-order valence-corrected chi connectivity index (χ1v) is 8.93. The Morgan fingerprint density at radius 3 is 2.68 bits per heavy atom. The van der Waals surface area contributed by atoms with E-state index in [0.29, 0.717) is 6.54 Å². The summed E-state index contributed by atoms with van der Waals surface area (Å²) in [6, 6.07) is 6.68. The largest absolute Gasteiger partial charge is 0.353 e. The van der Waals surface area contributed by atoms with Crippen LogP contribution in [0.15, 0.2) is 36.7 Å². The molecule has 6 heteroatoms. The summed E-state index contributed by atoms with van der Waals surface area (Å²) in [4.78, 5) is 18.9. The molecule has 1 aromatic carbocycles. The first-order valence-electron chi connectivity index (χ1n) is 8.93. The van der Waals surface area contributed by atoms with Crippen LogP contribution in [0.2, 0.25) is 0 Å². The van der Waals surface area contributed by atoms with Gasteiger partial charge >= 0.3 is 0 Å². The van der Waals surface area contributed by atoms with E-state index >= 15 is 0 Å². The van der Waals surface area contributed by atoms with Crippen LogP contribution in [0.25, 0.3) is 0 Å². The third kappa shape index (κ3) is 4.45. The number of benzene rings is 1. The van der Waals surface area contributed by atoms with E-state index in [4.69, 9.17) is 0 Å². The minimum absolute atomic E-state index is 0.0287. The molecule has 1 aromatic heterocycles. The summed E-state index contributed by atoms with van der Waals surface area (Å²) in [5.41, 5.74) is 1.04. The van der Waals surface area contributed by atoms with Crippen LogP contribution in [-0.4, -0.2) is 40.0 Å². The van der Waals surface area contributed by atoms with Gasteiger partial charge in [0.2, 0.25) is 5.91 Å². The third-order valence-corrected chi connectivity index (χ3v) is 4.76. The summed E-state index contributed by atoms with van der Waals surface area (Å²) >= 11 is 0. The molecule has 1 N–H and O–H groups in total. The van der Waals surface area contributed by atoms with Crippen LogP contribution in [0.1, 0.15) is 37.2 Å². The van der Waals surface area contributed by atoms with Crippen LogP contribution in [0.5, 0.6) is 0 Å². The number of nitrogens with one attached hydrogen (secondary N) is 1. The highest BCUT2D eigenvalue weighted by atomic mass is 19.1. The van der Waals surface area contributed by atoms with Gasteiger partial charge in [-0.2, -0.15) is 0 Å². The Labute approximate surface area is 147 Å². The molecular formula is C19H25FN4O. The molecule has 1 saturated heterocycles. The molecule has 134 valence electrons. The quantitative estimate of drug-likeness (QED) is 0.840. The molecule has 1 fully saturated rings. The lowest BCUT2D eigenvalue weighted by atomic mass is 10.1. The molecule has 2 aromatic rings. The molecule has 1 amide bonds. The Hall–Kier alpha value is -2.21. The summed E-state index contributed by atoms with van der Waals surface area (Å²) in [5.74, 6) is 0.643. The molecule has 0 bridgehead atoms. The van der Waals surface area contributed by atoms with E-state index < -0.39 is 0 Å². The maximum Gasteiger partial charge on any atom is 0.240 e. The van der Waals surface area contributed by atoms with Gasteiger partial charge in [0.25, 0.3) is 0 Å². The fourth-order valence-corrected chi connectivity index (χ4v) is 3.42. The van der Waals surface area contributed by atoms with Gasteiger partial charge in [-0.1, -0.05) is 19.1 Å². The average Bonchev–Trinajstić information content (AvgIpc) is 3.28. The van der Waals surface area contributed by atoms with E-state index in [2.05, 4.69) is 15.2 Å². The molecule has 5 nitrogen and oxygen atoms in total. The van der Waals surface area contributed by atoms with Crippen molar-refractivity contribution >= 4 is 5.91 Å². The first kappa shape index (κ1) is 17.6. The van der Waals surface area contributed by atoms with Gasteiger partial charge in [0.15, 0.2) is 0 Å². The molecular weight excluding hydrogens is 319 g/mol. The van der Waals surface area contributed by atoms with Gasteiger partial charge in [0, 0.05) is 25.4 Å². The molecule has 0 saturated carbocycles. The van der Waals surface area contributed by atoms with Crippen molar-refractivity contribution in [3.05, 3.63) is 53.9 Å². The number of carbonyl (C=O) groups excluding carboxylic acids is 1. The van der Waals surface area contributed by atoms with Crippen molar-refractivity contribution in [2.24, 2.45) is 0 Å². The number of likely N-dealkylation sites (tertiary alicyclic amines) is 1. The fourth-order valence-electron chi connectivity index (χ4n) is 3.42. The van der Waals surface area contributed by atoms with E-state index in [1.165, 1.54) is 25.0 Å². The third-order valence-electron chi connectivity index (χ3n) is 4.76. The van der Waals surface area contributed by atoms with Gasteiger partial charge in [-0.15, -0.1) is 0 Å². The standard InChI is InChI=1S/C19H25FN4O/c1-2-18-21-9-12-24(18)14-19(25)22-13-17(23-10-3-4-11-23)15-5-7-16(20)8-6-15/h5-9,12,17H,2-4,10-11,13-14H2,1H3,(H,22,25). The summed E-state index contributed by atoms with van der Waals surface area (Å²) in [6.45, 7) is 4.85. The van der Waals surface area contributed by atoms with Gasteiger partial charge in [-0.05, 0) is 43.6 Å². The number of nitrogens with zero attached hydrogens (tertiary/aromatic N) is 3. The zero-order valence-corrected chi connectivity index (χ0v) is 14.6. The van der Waals surface area contributed by atoms with Crippen molar-refractivity contribution in [2.75, 3.05) is 19.6 Å². The molecule has 1 aliphatic heterocycles. The highest BCUT2D eigenvalue weighted by molar-refractivity contribution is 5.75. The van der Waals surface area contributed by atoms with Crippen LogP contribution in [0.3, 0.4) is 0 Å². The van der Waals surface area contributed by atoms with E-state index in [1.54, 1.807) is 6.20 Å². The van der Waals surface area contributed by atoms with E-state index in [-0.39, 0.29) is 24.3 Å². The Morgan fingerprint density at radius 1 is 1.28 bits per heavy atom. The van der Waals surface area contributed by atoms with E-state index in [1.807, 2.05) is 29.8 Å². The Morgan fingerprint density at radius 2 is 2.00 bits per heavy atom. The predicted molar refractivity (Wildman–Crippen MR) is 94.6 cm³/mol. The molecule has 25 heavy (non-hydrogen) atoms. The van der Waals surface area contributed by atoms with Crippen LogP contribution >= 0.6 is 0 Å². The summed E-state index contributed by atoms with van der Waals surface area (Å²) < 4.78 is 15.1. The molecule has 3 rings (SSSR count). The highest BCUT2D eigenvalue weighted by Crippen LogP contribution is 2.24. The molecule has 0 aliphatic carbocycles. The predicted octanol–water partition coefficient (Wildman–Crippen LogP) is 2.54. The summed E-state index contributed by atoms with van der Waals surface area (Å²) in [5, 5.41) is 3.04. The van der Waals surface area contributed by atoms with Gasteiger partial charge < -0.3 is 9.88 Å². The Kier molecular flexibility index (Phi) is 5.81. The second-order valence-electron chi connectivity index (χ2n) is 6.44. The lowest BCUT2D eigenvalue weighted by Crippen LogP contribution is -2.38. The van der Waals surface area contributed by atoms with Crippen LogP contribution in [-0.2, 0) is 17.8 Å². The van der Waals surface area contributed by atoms with Crippen LogP contribution in [0, 0.1) is 5.82 Å². The lowest BCUT2D eigenvalue weighted by Gasteiger charge is -2.28. The number of hydrogen-bond donors (Lipinski definition) is 1. The molecule has 0 spiro atoms. The van der Waals surface area contributed by atoms with Gasteiger partial charge in [-0.25, -0.2) is 9.37 Å². The molecule has 2 heterocycles. The molecule has 1 atom stereocenters. The average molecular weight is 344 g/mol. The van der Waals surface area contributed by atoms with E-state index in [9.17, 15) is 9.18 Å². The second-order valence-corrected chi connectivity index (χ2v) is 6.44. The van der Waals surface area contributed by atoms with Crippen molar-refractivity contribution < 1.29 is 9.18 Å². The fraction of sp³-hybridized carbons (Fsp3) is 0.474. The zero-order valence-electron chi connectivity index (χ0n) is 14.6. The Bertz CT molecular complexity index is 692. The number of hydrogen-bond acceptors (Lipinski definition) is 3. The topological polar surface area (TPSA) is 50.2 Å². The van der Waals surface area contributed by atoms with Crippen molar-refractivity contribution in [3.63, 3.8) is 0 Å². The molecule has 1 aliphatic rings. The first-order chi connectivity index (χ1) is 12.2. The molecule has 1 unspecified atom stereocenters. The van der Waals surface area contributed by atoms with Crippen molar-refractivity contribution in [1.82, 2.24) is 19.8 Å². The number of aromatic nitrogens is 2. The summed E-state index contributed by atoms with van der Waals surface area (Å²) in [7, 11) is 0. The molecule has 0 radical (unpaired) electrons. The number of carbonyl (C=O) groups is 1. The van der Waals surface area contributed by atoms with Gasteiger partial charge in [-0.3, -0.25) is 9.69 Å². The monoisotopic (exact) mass is 344 g/mol. The van der Waals surface area contributed by atoms with Crippen molar-refractivity contribution in [1.29, 1.82) is 0 Å².